The van der Waals surface area contributed by atoms with Crippen LogP contribution in [0.15, 0.2) is 34.9 Å². The van der Waals surface area contributed by atoms with Gasteiger partial charge in [0.05, 0.1) is 10.6 Å². The Hall–Kier alpha value is -2.15. The molecule has 19 heavy (non-hydrogen) atoms. The normalized spacial score (nSPS) is 10.2. The predicted octanol–water partition coefficient (Wildman–Crippen LogP) is 3.44. The number of nitrogens with zero attached hydrogens (tertiary/aromatic N) is 2. The van der Waals surface area contributed by atoms with E-state index in [4.69, 9.17) is 10.5 Å². The molecular weight excluding hydrogens is 314 g/mol. The summed E-state index contributed by atoms with van der Waals surface area (Å²) in [7, 11) is 0. The Labute approximate surface area is 117 Å². The first-order chi connectivity index (χ1) is 8.99. The average Bonchev–Trinajstić information content (AvgIpc) is 2.34. The lowest BCUT2D eigenvalue weighted by atomic mass is 10.3. The number of ether oxygens (including phenoxy) is 1. The third-order valence-electron chi connectivity index (χ3n) is 2.36. The minimum Gasteiger partial charge on any atom is -0.436 e. The van der Waals surface area contributed by atoms with E-state index in [0.29, 0.717) is 5.69 Å². The highest BCUT2D eigenvalue weighted by molar-refractivity contribution is 9.10. The summed E-state index contributed by atoms with van der Waals surface area (Å²) in [5, 5.41) is 10.8. The molecule has 2 N–H and O–H groups in total. The monoisotopic (exact) mass is 323 g/mol. The van der Waals surface area contributed by atoms with E-state index in [2.05, 4.69) is 20.9 Å². The van der Waals surface area contributed by atoms with Gasteiger partial charge in [-0.25, -0.2) is 4.98 Å². The molecule has 0 saturated heterocycles. The Balaban J connectivity index is 2.38. The lowest BCUT2D eigenvalue weighted by Gasteiger charge is -2.09. The summed E-state index contributed by atoms with van der Waals surface area (Å²) in [6.45, 7) is 1.86. The standard InChI is InChI=1S/C12H10BrN3O3/c1-7-5-8(14)12(15-6-7)19-10-4-2-3-9(11(10)13)16(17)18/h2-6H,14H2,1H3. The molecular formula is C12H10BrN3O3. The molecule has 1 aromatic carbocycles. The molecule has 0 atom stereocenters. The summed E-state index contributed by atoms with van der Waals surface area (Å²) in [5.74, 6) is 0.504. The van der Waals surface area contributed by atoms with E-state index >= 15 is 0 Å². The van der Waals surface area contributed by atoms with Crippen molar-refractivity contribution >= 4 is 27.3 Å². The molecule has 98 valence electrons. The minimum atomic E-state index is -0.497. The fourth-order valence-corrected chi connectivity index (χ4v) is 1.98. The molecule has 0 aliphatic carbocycles. The second-order valence-corrected chi connectivity index (χ2v) is 4.65. The Morgan fingerprint density at radius 1 is 1.47 bits per heavy atom. The number of hydrogen-bond acceptors (Lipinski definition) is 5. The van der Waals surface area contributed by atoms with Crippen molar-refractivity contribution in [1.29, 1.82) is 0 Å². The Morgan fingerprint density at radius 3 is 2.84 bits per heavy atom. The quantitative estimate of drug-likeness (QED) is 0.690. The van der Waals surface area contributed by atoms with Gasteiger partial charge in [0.2, 0.25) is 5.88 Å². The molecule has 0 radical (unpaired) electrons. The molecule has 0 bridgehead atoms. The first-order valence-corrected chi connectivity index (χ1v) is 6.11. The van der Waals surface area contributed by atoms with Gasteiger partial charge in [0.1, 0.15) is 4.47 Å². The van der Waals surface area contributed by atoms with Crippen LogP contribution in [0.5, 0.6) is 11.6 Å². The number of benzene rings is 1. The fourth-order valence-electron chi connectivity index (χ4n) is 1.49. The smallest absolute Gasteiger partial charge is 0.287 e. The van der Waals surface area contributed by atoms with E-state index in [9.17, 15) is 10.1 Å². The third-order valence-corrected chi connectivity index (χ3v) is 3.16. The van der Waals surface area contributed by atoms with E-state index in [0.717, 1.165) is 5.56 Å². The number of nitrogens with two attached hydrogens (primary N) is 1. The summed E-state index contributed by atoms with van der Waals surface area (Å²) >= 11 is 3.14. The SMILES string of the molecule is Cc1cnc(Oc2cccc([N+](=O)[O-])c2Br)c(N)c1. The van der Waals surface area contributed by atoms with Crippen LogP contribution >= 0.6 is 15.9 Å². The van der Waals surface area contributed by atoms with Gasteiger partial charge in [-0.3, -0.25) is 10.1 Å². The summed E-state index contributed by atoms with van der Waals surface area (Å²) in [6, 6.07) is 6.22. The summed E-state index contributed by atoms with van der Waals surface area (Å²) < 4.78 is 5.75. The molecule has 0 aliphatic rings. The number of aromatic nitrogens is 1. The highest BCUT2D eigenvalue weighted by Crippen LogP contribution is 2.37. The van der Waals surface area contributed by atoms with Crippen LogP contribution in [0.1, 0.15) is 5.56 Å². The van der Waals surface area contributed by atoms with Crippen LogP contribution in [-0.2, 0) is 0 Å². The lowest BCUT2D eigenvalue weighted by Crippen LogP contribution is -1.97. The van der Waals surface area contributed by atoms with Gasteiger partial charge < -0.3 is 10.5 Å². The van der Waals surface area contributed by atoms with Crippen molar-refractivity contribution in [2.45, 2.75) is 6.92 Å². The second kappa shape index (κ2) is 5.23. The van der Waals surface area contributed by atoms with Gasteiger partial charge in [-0.05, 0) is 40.5 Å². The maximum absolute atomic E-state index is 10.8. The highest BCUT2D eigenvalue weighted by Gasteiger charge is 2.17. The van der Waals surface area contributed by atoms with Gasteiger partial charge >= 0.3 is 0 Å². The summed E-state index contributed by atoms with van der Waals surface area (Å²) in [4.78, 5) is 14.4. The largest absolute Gasteiger partial charge is 0.436 e. The van der Waals surface area contributed by atoms with Gasteiger partial charge in [-0.2, -0.15) is 0 Å². The van der Waals surface area contributed by atoms with Gasteiger partial charge in [0, 0.05) is 12.3 Å². The Kier molecular flexibility index (Phi) is 3.66. The molecule has 2 aromatic rings. The number of halogens is 1. The number of nitro groups is 1. The molecule has 0 unspecified atom stereocenters. The van der Waals surface area contributed by atoms with Gasteiger partial charge in [0.25, 0.3) is 5.69 Å². The number of anilines is 1. The number of nitro benzene ring substituents is 1. The molecule has 7 heteroatoms. The van der Waals surface area contributed by atoms with Crippen molar-refractivity contribution in [3.63, 3.8) is 0 Å². The van der Waals surface area contributed by atoms with Crippen molar-refractivity contribution in [1.82, 2.24) is 4.98 Å². The lowest BCUT2D eigenvalue weighted by molar-refractivity contribution is -0.385. The minimum absolute atomic E-state index is 0.0804. The van der Waals surface area contributed by atoms with Crippen molar-refractivity contribution in [2.24, 2.45) is 0 Å². The van der Waals surface area contributed by atoms with E-state index in [1.165, 1.54) is 12.1 Å². The number of rotatable bonds is 3. The zero-order valence-electron chi connectivity index (χ0n) is 9.96. The van der Waals surface area contributed by atoms with Gasteiger partial charge in [-0.15, -0.1) is 0 Å². The number of nitrogen functional groups attached to an aromatic ring is 1. The highest BCUT2D eigenvalue weighted by atomic mass is 79.9. The van der Waals surface area contributed by atoms with E-state index < -0.39 is 4.92 Å². The molecule has 0 amide bonds. The number of pyridine rings is 1. The molecule has 0 fully saturated rings. The molecule has 0 aliphatic heterocycles. The van der Waals surface area contributed by atoms with Crippen LogP contribution in [0.4, 0.5) is 11.4 Å². The first-order valence-electron chi connectivity index (χ1n) is 5.32. The first kappa shape index (κ1) is 13.3. The van der Waals surface area contributed by atoms with Crippen molar-refractivity contribution in [3.8, 4) is 11.6 Å². The van der Waals surface area contributed by atoms with E-state index in [1.54, 1.807) is 18.3 Å². The van der Waals surface area contributed by atoms with Crippen LogP contribution in [0, 0.1) is 17.0 Å². The molecule has 1 heterocycles. The average molecular weight is 324 g/mol. The van der Waals surface area contributed by atoms with Crippen LogP contribution in [-0.4, -0.2) is 9.91 Å². The predicted molar refractivity (Wildman–Crippen MR) is 74.3 cm³/mol. The zero-order chi connectivity index (χ0) is 14.0. The molecule has 6 nitrogen and oxygen atoms in total. The van der Waals surface area contributed by atoms with Crippen molar-refractivity contribution < 1.29 is 9.66 Å². The summed E-state index contributed by atoms with van der Waals surface area (Å²) in [5.41, 5.74) is 6.98. The second-order valence-electron chi connectivity index (χ2n) is 3.86. The van der Waals surface area contributed by atoms with E-state index in [1.807, 2.05) is 6.92 Å². The maximum atomic E-state index is 10.8. The number of aryl methyl sites for hydroxylation is 1. The molecule has 0 saturated carbocycles. The topological polar surface area (TPSA) is 91.3 Å². The van der Waals surface area contributed by atoms with Crippen molar-refractivity contribution in [3.05, 3.63) is 50.6 Å². The summed E-state index contributed by atoms with van der Waals surface area (Å²) in [6.07, 6.45) is 1.61. The maximum Gasteiger partial charge on any atom is 0.287 e. The molecule has 1 aromatic heterocycles. The third kappa shape index (κ3) is 2.82. The van der Waals surface area contributed by atoms with Gasteiger partial charge in [0.15, 0.2) is 5.75 Å². The van der Waals surface area contributed by atoms with Crippen LogP contribution in [0.3, 0.4) is 0 Å². The van der Waals surface area contributed by atoms with Crippen LogP contribution < -0.4 is 10.5 Å². The molecule has 0 spiro atoms. The number of hydrogen-bond donors (Lipinski definition) is 1. The van der Waals surface area contributed by atoms with Crippen LogP contribution in [0.2, 0.25) is 0 Å². The Morgan fingerprint density at radius 2 is 2.21 bits per heavy atom. The van der Waals surface area contributed by atoms with Crippen molar-refractivity contribution in [2.75, 3.05) is 5.73 Å². The van der Waals surface area contributed by atoms with Gasteiger partial charge in [-0.1, -0.05) is 6.07 Å². The van der Waals surface area contributed by atoms with Crippen LogP contribution in [0.25, 0.3) is 0 Å². The fraction of sp³-hybridized carbons (Fsp3) is 0.0833. The molecule has 2 rings (SSSR count). The Bertz CT molecular complexity index is 646. The van der Waals surface area contributed by atoms with E-state index in [-0.39, 0.29) is 21.8 Å². The zero-order valence-corrected chi connectivity index (χ0v) is 11.5.